The van der Waals surface area contributed by atoms with Gasteiger partial charge in [0.05, 0.1) is 41.1 Å². The SMILES string of the molecule is COc1ccc(CC(=O)N/N=C/c2ccc(OC)c(OC)c2OC)cc1. The van der Waals surface area contributed by atoms with Crippen LogP contribution in [-0.4, -0.2) is 40.6 Å². The van der Waals surface area contributed by atoms with E-state index in [9.17, 15) is 4.79 Å². The van der Waals surface area contributed by atoms with Crippen molar-refractivity contribution < 1.29 is 23.7 Å². The second-order valence-corrected chi connectivity index (χ2v) is 5.24. The number of amides is 1. The molecule has 26 heavy (non-hydrogen) atoms. The molecule has 0 radical (unpaired) electrons. The Balaban J connectivity index is 2.04. The topological polar surface area (TPSA) is 78.4 Å². The molecule has 0 spiro atoms. The van der Waals surface area contributed by atoms with Gasteiger partial charge in [0.2, 0.25) is 11.7 Å². The first kappa shape index (κ1) is 19.1. The molecule has 138 valence electrons. The molecule has 0 unspecified atom stereocenters. The van der Waals surface area contributed by atoms with Gasteiger partial charge in [0.15, 0.2) is 11.5 Å². The molecule has 1 amide bonds. The smallest absolute Gasteiger partial charge is 0.244 e. The lowest BCUT2D eigenvalue weighted by Crippen LogP contribution is -2.19. The number of carbonyl (C=O) groups excluding carboxylic acids is 1. The average Bonchev–Trinajstić information content (AvgIpc) is 2.67. The fourth-order valence-electron chi connectivity index (χ4n) is 2.37. The van der Waals surface area contributed by atoms with Crippen molar-refractivity contribution in [2.24, 2.45) is 5.10 Å². The van der Waals surface area contributed by atoms with Crippen LogP contribution in [0.25, 0.3) is 0 Å². The highest BCUT2D eigenvalue weighted by Gasteiger charge is 2.14. The third kappa shape index (κ3) is 4.66. The molecule has 0 heterocycles. The minimum absolute atomic E-state index is 0.213. The summed E-state index contributed by atoms with van der Waals surface area (Å²) in [5.74, 6) is 1.99. The van der Waals surface area contributed by atoms with Gasteiger partial charge in [0, 0.05) is 5.56 Å². The highest BCUT2D eigenvalue weighted by Crippen LogP contribution is 2.38. The summed E-state index contributed by atoms with van der Waals surface area (Å²) in [4.78, 5) is 12.0. The van der Waals surface area contributed by atoms with E-state index in [-0.39, 0.29) is 12.3 Å². The van der Waals surface area contributed by atoms with Gasteiger partial charge in [-0.3, -0.25) is 4.79 Å². The van der Waals surface area contributed by atoms with Gasteiger partial charge in [-0.15, -0.1) is 0 Å². The van der Waals surface area contributed by atoms with Gasteiger partial charge in [-0.25, -0.2) is 5.43 Å². The van der Waals surface area contributed by atoms with E-state index in [4.69, 9.17) is 18.9 Å². The predicted octanol–water partition coefficient (Wildman–Crippen LogP) is 2.41. The fraction of sp³-hybridized carbons (Fsp3) is 0.263. The largest absolute Gasteiger partial charge is 0.497 e. The molecule has 0 aliphatic heterocycles. The summed E-state index contributed by atoms with van der Waals surface area (Å²) in [5.41, 5.74) is 4.01. The predicted molar refractivity (Wildman–Crippen MR) is 98.5 cm³/mol. The molecule has 1 N–H and O–H groups in total. The van der Waals surface area contributed by atoms with Crippen LogP contribution in [0.5, 0.6) is 23.0 Å². The van der Waals surface area contributed by atoms with Gasteiger partial charge in [-0.1, -0.05) is 12.1 Å². The van der Waals surface area contributed by atoms with Crippen LogP contribution in [-0.2, 0) is 11.2 Å². The summed E-state index contributed by atoms with van der Waals surface area (Å²) < 4.78 is 21.0. The third-order valence-corrected chi connectivity index (χ3v) is 3.65. The molecule has 2 aromatic carbocycles. The van der Waals surface area contributed by atoms with Gasteiger partial charge < -0.3 is 18.9 Å². The minimum Gasteiger partial charge on any atom is -0.497 e. The van der Waals surface area contributed by atoms with Crippen molar-refractivity contribution in [3.8, 4) is 23.0 Å². The van der Waals surface area contributed by atoms with E-state index in [1.165, 1.54) is 20.4 Å². The third-order valence-electron chi connectivity index (χ3n) is 3.65. The lowest BCUT2D eigenvalue weighted by atomic mass is 10.1. The Labute approximate surface area is 152 Å². The minimum atomic E-state index is -0.231. The zero-order valence-corrected chi connectivity index (χ0v) is 15.2. The first-order valence-corrected chi connectivity index (χ1v) is 7.86. The number of carbonyl (C=O) groups is 1. The molecule has 0 saturated heterocycles. The lowest BCUT2D eigenvalue weighted by Gasteiger charge is -2.13. The molecule has 0 atom stereocenters. The molecule has 0 saturated carbocycles. The monoisotopic (exact) mass is 358 g/mol. The van der Waals surface area contributed by atoms with Gasteiger partial charge in [0.1, 0.15) is 5.75 Å². The molecule has 2 aromatic rings. The number of methoxy groups -OCH3 is 4. The second-order valence-electron chi connectivity index (χ2n) is 5.24. The Morgan fingerprint density at radius 3 is 2.19 bits per heavy atom. The van der Waals surface area contributed by atoms with Gasteiger partial charge in [-0.2, -0.15) is 5.10 Å². The van der Waals surface area contributed by atoms with E-state index in [1.807, 2.05) is 12.1 Å². The van der Waals surface area contributed by atoms with Crippen molar-refractivity contribution in [2.75, 3.05) is 28.4 Å². The Bertz CT molecular complexity index is 772. The molecular formula is C19H22N2O5. The number of rotatable bonds is 8. The molecule has 0 aliphatic rings. The molecule has 0 bridgehead atoms. The zero-order chi connectivity index (χ0) is 18.9. The van der Waals surface area contributed by atoms with Crippen LogP contribution in [0.3, 0.4) is 0 Å². The summed E-state index contributed by atoms with van der Waals surface area (Å²) in [6.45, 7) is 0. The summed E-state index contributed by atoms with van der Waals surface area (Å²) in [6.07, 6.45) is 1.71. The molecule has 7 nitrogen and oxygen atoms in total. The molecule has 7 heteroatoms. The number of hydrogen-bond acceptors (Lipinski definition) is 6. The quantitative estimate of drug-likeness (QED) is 0.579. The number of hydrogen-bond donors (Lipinski definition) is 1. The number of nitrogens with one attached hydrogen (secondary N) is 1. The van der Waals surface area contributed by atoms with Crippen LogP contribution in [0.1, 0.15) is 11.1 Å². The normalized spacial score (nSPS) is 10.5. The Kier molecular flexibility index (Phi) is 6.84. The van der Waals surface area contributed by atoms with Crippen LogP contribution in [0.15, 0.2) is 41.5 Å². The van der Waals surface area contributed by atoms with E-state index in [0.717, 1.165) is 11.3 Å². The van der Waals surface area contributed by atoms with Crippen molar-refractivity contribution in [3.63, 3.8) is 0 Å². The van der Waals surface area contributed by atoms with E-state index in [2.05, 4.69) is 10.5 Å². The first-order chi connectivity index (χ1) is 12.6. The average molecular weight is 358 g/mol. The molecular weight excluding hydrogens is 336 g/mol. The van der Waals surface area contributed by atoms with Gasteiger partial charge >= 0.3 is 0 Å². The Morgan fingerprint density at radius 1 is 0.923 bits per heavy atom. The van der Waals surface area contributed by atoms with Crippen molar-refractivity contribution in [1.29, 1.82) is 0 Å². The standard InChI is InChI=1S/C19H22N2O5/c1-23-15-8-5-13(6-9-15)11-17(22)21-20-12-14-7-10-16(24-2)19(26-4)18(14)25-3/h5-10,12H,11H2,1-4H3,(H,21,22)/b20-12+. The second kappa shape index (κ2) is 9.31. The van der Waals surface area contributed by atoms with Crippen molar-refractivity contribution >= 4 is 12.1 Å². The molecule has 2 rings (SSSR count). The fourth-order valence-corrected chi connectivity index (χ4v) is 2.37. The number of ether oxygens (including phenoxy) is 4. The molecule has 0 aliphatic carbocycles. The van der Waals surface area contributed by atoms with Crippen LogP contribution in [0.4, 0.5) is 0 Å². The van der Waals surface area contributed by atoms with Crippen LogP contribution in [0.2, 0.25) is 0 Å². The maximum Gasteiger partial charge on any atom is 0.244 e. The van der Waals surface area contributed by atoms with Crippen molar-refractivity contribution in [1.82, 2.24) is 5.43 Å². The van der Waals surface area contributed by atoms with Crippen LogP contribution < -0.4 is 24.4 Å². The highest BCUT2D eigenvalue weighted by atomic mass is 16.5. The maximum absolute atomic E-state index is 12.0. The van der Waals surface area contributed by atoms with Crippen molar-refractivity contribution in [3.05, 3.63) is 47.5 Å². The summed E-state index contributed by atoms with van der Waals surface area (Å²) in [7, 11) is 6.19. The Hall–Kier alpha value is -3.22. The zero-order valence-electron chi connectivity index (χ0n) is 15.2. The van der Waals surface area contributed by atoms with Gasteiger partial charge in [-0.05, 0) is 29.8 Å². The first-order valence-electron chi connectivity index (χ1n) is 7.86. The molecule has 0 aromatic heterocycles. The Morgan fingerprint density at radius 2 is 1.62 bits per heavy atom. The number of hydrazone groups is 1. The maximum atomic E-state index is 12.0. The van der Waals surface area contributed by atoms with E-state index in [0.29, 0.717) is 22.8 Å². The van der Waals surface area contributed by atoms with Gasteiger partial charge in [0.25, 0.3) is 0 Å². The van der Waals surface area contributed by atoms with E-state index < -0.39 is 0 Å². The summed E-state index contributed by atoms with van der Waals surface area (Å²) in [5, 5.41) is 3.99. The van der Waals surface area contributed by atoms with Crippen LogP contribution in [0, 0.1) is 0 Å². The molecule has 0 fully saturated rings. The summed E-state index contributed by atoms with van der Waals surface area (Å²) in [6, 6.07) is 10.8. The summed E-state index contributed by atoms with van der Waals surface area (Å²) >= 11 is 0. The van der Waals surface area contributed by atoms with Crippen LogP contribution >= 0.6 is 0 Å². The lowest BCUT2D eigenvalue weighted by molar-refractivity contribution is -0.120. The van der Waals surface area contributed by atoms with E-state index >= 15 is 0 Å². The highest BCUT2D eigenvalue weighted by molar-refractivity contribution is 5.87. The number of benzene rings is 2. The number of nitrogens with zero attached hydrogens (tertiary/aromatic N) is 1. The van der Waals surface area contributed by atoms with E-state index in [1.54, 1.807) is 38.5 Å². The van der Waals surface area contributed by atoms with Crippen molar-refractivity contribution in [2.45, 2.75) is 6.42 Å².